The van der Waals surface area contributed by atoms with Crippen LogP contribution in [0.25, 0.3) is 0 Å². The fraction of sp³-hybridized carbons (Fsp3) is 0.545. The summed E-state index contributed by atoms with van der Waals surface area (Å²) < 4.78 is 0. The highest BCUT2D eigenvalue weighted by molar-refractivity contribution is 5.11. The largest absolute Gasteiger partial charge is 0.370 e. The van der Waals surface area contributed by atoms with E-state index in [1.54, 1.807) is 12.3 Å². The first-order valence-electron chi connectivity index (χ1n) is 5.11. The van der Waals surface area contributed by atoms with Crippen LogP contribution in [0.4, 0.5) is 0 Å². The van der Waals surface area contributed by atoms with Crippen LogP contribution < -0.4 is 5.73 Å². The van der Waals surface area contributed by atoms with Gasteiger partial charge in [-0.15, -0.1) is 0 Å². The van der Waals surface area contributed by atoms with Crippen molar-refractivity contribution in [3.05, 3.63) is 30.1 Å². The minimum atomic E-state index is -1.25. The first-order chi connectivity index (χ1) is 6.68. The molecule has 14 heavy (non-hydrogen) atoms. The predicted octanol–water partition coefficient (Wildman–Crippen LogP) is 1.38. The zero-order chi connectivity index (χ0) is 10.0. The molecular formula is C11H16N2O. The van der Waals surface area contributed by atoms with Gasteiger partial charge in [-0.3, -0.25) is 10.7 Å². The fourth-order valence-electron chi connectivity index (χ4n) is 1.58. The van der Waals surface area contributed by atoms with Crippen LogP contribution in [0.15, 0.2) is 24.4 Å². The van der Waals surface area contributed by atoms with Crippen LogP contribution in [0.5, 0.6) is 0 Å². The third-order valence-corrected chi connectivity index (χ3v) is 2.74. The van der Waals surface area contributed by atoms with Crippen molar-refractivity contribution in [2.24, 2.45) is 11.7 Å². The first-order valence-corrected chi connectivity index (χ1v) is 5.11. The second-order valence-electron chi connectivity index (χ2n) is 4.12. The van der Waals surface area contributed by atoms with Crippen molar-refractivity contribution in [2.45, 2.75) is 31.4 Å². The summed E-state index contributed by atoms with van der Waals surface area (Å²) in [5, 5.41) is 9.98. The molecule has 0 amide bonds. The summed E-state index contributed by atoms with van der Waals surface area (Å²) in [6.45, 7) is 0. The smallest absolute Gasteiger partial charge is 0.156 e. The molecule has 0 aromatic carbocycles. The van der Waals surface area contributed by atoms with Crippen LogP contribution >= 0.6 is 0 Å². The van der Waals surface area contributed by atoms with Crippen LogP contribution in [-0.4, -0.2) is 10.1 Å². The maximum atomic E-state index is 9.98. The number of aromatic nitrogens is 1. The molecule has 0 radical (unpaired) electrons. The van der Waals surface area contributed by atoms with Gasteiger partial charge in [0.25, 0.3) is 0 Å². The lowest BCUT2D eigenvalue weighted by molar-refractivity contribution is 0.0263. The molecular weight excluding hydrogens is 176 g/mol. The summed E-state index contributed by atoms with van der Waals surface area (Å²) in [6.07, 6.45) is 5.85. The number of hydrogen-bond donors (Lipinski definition) is 2. The Labute approximate surface area is 84.0 Å². The Morgan fingerprint density at radius 3 is 2.86 bits per heavy atom. The summed E-state index contributed by atoms with van der Waals surface area (Å²) in [4.78, 5) is 4.07. The van der Waals surface area contributed by atoms with Crippen molar-refractivity contribution in [2.75, 3.05) is 0 Å². The van der Waals surface area contributed by atoms with E-state index in [9.17, 15) is 5.11 Å². The van der Waals surface area contributed by atoms with Crippen molar-refractivity contribution in [1.82, 2.24) is 4.98 Å². The number of pyridine rings is 1. The highest BCUT2D eigenvalue weighted by Gasteiger charge is 2.29. The molecule has 1 aromatic rings. The summed E-state index contributed by atoms with van der Waals surface area (Å²) >= 11 is 0. The van der Waals surface area contributed by atoms with Crippen molar-refractivity contribution in [1.29, 1.82) is 0 Å². The predicted molar refractivity (Wildman–Crippen MR) is 54.3 cm³/mol. The molecule has 1 fully saturated rings. The second kappa shape index (κ2) is 3.67. The third kappa shape index (κ3) is 2.30. The standard InChI is InChI=1S/C11H16N2O/c12-11(14,7-6-9-4-5-9)10-3-1-2-8-13-10/h1-3,8-9,14H,4-7,12H2. The summed E-state index contributed by atoms with van der Waals surface area (Å²) in [7, 11) is 0. The lowest BCUT2D eigenvalue weighted by atomic mass is 10.0. The molecule has 2 rings (SSSR count). The van der Waals surface area contributed by atoms with E-state index in [0.29, 0.717) is 12.1 Å². The molecule has 1 aliphatic carbocycles. The molecule has 0 bridgehead atoms. The fourth-order valence-corrected chi connectivity index (χ4v) is 1.58. The molecule has 1 atom stereocenters. The van der Waals surface area contributed by atoms with E-state index in [0.717, 1.165) is 12.3 Å². The normalized spacial score (nSPS) is 20.4. The SMILES string of the molecule is NC(O)(CCC1CC1)c1ccccn1. The van der Waals surface area contributed by atoms with Gasteiger partial charge < -0.3 is 5.11 Å². The molecule has 1 unspecified atom stereocenters. The molecule has 0 spiro atoms. The quantitative estimate of drug-likeness (QED) is 0.708. The van der Waals surface area contributed by atoms with Gasteiger partial charge in [-0.2, -0.15) is 0 Å². The maximum absolute atomic E-state index is 9.98. The van der Waals surface area contributed by atoms with Gasteiger partial charge in [0.1, 0.15) is 0 Å². The molecule has 1 aromatic heterocycles. The Morgan fingerprint density at radius 2 is 2.29 bits per heavy atom. The molecule has 0 aliphatic heterocycles. The number of hydrogen-bond acceptors (Lipinski definition) is 3. The van der Waals surface area contributed by atoms with Gasteiger partial charge in [0.15, 0.2) is 5.72 Å². The van der Waals surface area contributed by atoms with Crippen molar-refractivity contribution < 1.29 is 5.11 Å². The highest BCUT2D eigenvalue weighted by atomic mass is 16.3. The van der Waals surface area contributed by atoms with E-state index in [4.69, 9.17) is 5.73 Å². The molecule has 0 saturated heterocycles. The Hall–Kier alpha value is -0.930. The topological polar surface area (TPSA) is 59.1 Å². The summed E-state index contributed by atoms with van der Waals surface area (Å²) in [5.41, 5.74) is 5.13. The van der Waals surface area contributed by atoms with Crippen LogP contribution in [0.2, 0.25) is 0 Å². The van der Waals surface area contributed by atoms with E-state index in [1.807, 2.05) is 12.1 Å². The van der Waals surface area contributed by atoms with Gasteiger partial charge in [-0.1, -0.05) is 18.9 Å². The Balaban J connectivity index is 1.99. The first kappa shape index (κ1) is 9.62. The van der Waals surface area contributed by atoms with Crippen molar-refractivity contribution in [3.63, 3.8) is 0 Å². The maximum Gasteiger partial charge on any atom is 0.156 e. The van der Waals surface area contributed by atoms with E-state index < -0.39 is 5.72 Å². The zero-order valence-electron chi connectivity index (χ0n) is 8.19. The van der Waals surface area contributed by atoms with Crippen LogP contribution in [0.3, 0.4) is 0 Å². The molecule has 3 heteroatoms. The lowest BCUT2D eigenvalue weighted by Crippen LogP contribution is -2.37. The van der Waals surface area contributed by atoms with Gasteiger partial charge >= 0.3 is 0 Å². The van der Waals surface area contributed by atoms with Crippen LogP contribution in [-0.2, 0) is 5.72 Å². The molecule has 1 aliphatic rings. The van der Waals surface area contributed by atoms with E-state index in [2.05, 4.69) is 4.98 Å². The molecule has 3 nitrogen and oxygen atoms in total. The molecule has 1 saturated carbocycles. The van der Waals surface area contributed by atoms with Gasteiger partial charge in [0, 0.05) is 6.20 Å². The molecule has 3 N–H and O–H groups in total. The van der Waals surface area contributed by atoms with Gasteiger partial charge in [0.05, 0.1) is 5.69 Å². The average molecular weight is 192 g/mol. The number of nitrogens with two attached hydrogens (primary N) is 1. The van der Waals surface area contributed by atoms with E-state index in [1.165, 1.54) is 12.8 Å². The lowest BCUT2D eigenvalue weighted by Gasteiger charge is -2.22. The zero-order valence-corrected chi connectivity index (χ0v) is 8.19. The van der Waals surface area contributed by atoms with Crippen LogP contribution in [0, 0.1) is 5.92 Å². The van der Waals surface area contributed by atoms with Crippen molar-refractivity contribution >= 4 is 0 Å². The Kier molecular flexibility index (Phi) is 2.52. The second-order valence-corrected chi connectivity index (χ2v) is 4.12. The number of aliphatic hydroxyl groups is 1. The van der Waals surface area contributed by atoms with Gasteiger partial charge in [-0.05, 0) is 30.9 Å². The molecule has 1 heterocycles. The van der Waals surface area contributed by atoms with E-state index in [-0.39, 0.29) is 0 Å². The minimum absolute atomic E-state index is 0.570. The average Bonchev–Trinajstić information content (AvgIpc) is 3.00. The number of nitrogens with zero attached hydrogens (tertiary/aromatic N) is 1. The van der Waals surface area contributed by atoms with E-state index >= 15 is 0 Å². The van der Waals surface area contributed by atoms with Crippen molar-refractivity contribution in [3.8, 4) is 0 Å². The van der Waals surface area contributed by atoms with Gasteiger partial charge in [0.2, 0.25) is 0 Å². The Morgan fingerprint density at radius 1 is 1.50 bits per heavy atom. The minimum Gasteiger partial charge on any atom is -0.370 e. The Bertz CT molecular complexity index is 293. The highest BCUT2D eigenvalue weighted by Crippen LogP contribution is 2.36. The van der Waals surface area contributed by atoms with Gasteiger partial charge in [-0.25, -0.2) is 0 Å². The third-order valence-electron chi connectivity index (χ3n) is 2.74. The molecule has 76 valence electrons. The monoisotopic (exact) mass is 192 g/mol. The summed E-state index contributed by atoms with van der Waals surface area (Å²) in [5.74, 6) is 0.786. The summed E-state index contributed by atoms with van der Waals surface area (Å²) in [6, 6.07) is 5.44. The number of rotatable bonds is 4. The van der Waals surface area contributed by atoms with Crippen LogP contribution in [0.1, 0.15) is 31.4 Å².